The molecule has 4 unspecified atom stereocenters. The molecule has 6 nitrogen and oxygen atoms in total. The van der Waals surface area contributed by atoms with Crippen molar-refractivity contribution in [1.82, 2.24) is 15.1 Å². The van der Waals surface area contributed by atoms with E-state index in [1.54, 1.807) is 0 Å². The van der Waals surface area contributed by atoms with Crippen LogP contribution in [-0.2, 0) is 0 Å². The first-order chi connectivity index (χ1) is 12.1. The molecule has 1 heterocycles. The average molecular weight is 345 g/mol. The summed E-state index contributed by atoms with van der Waals surface area (Å²) in [4.78, 5) is 12.6. The molecular formula is C18H20FN3O3. The number of nitrogens with zero attached hydrogens (tertiary/aromatic N) is 2. The number of aliphatic hydroxyl groups excluding tert-OH is 1. The molecule has 25 heavy (non-hydrogen) atoms. The zero-order valence-corrected chi connectivity index (χ0v) is 13.6. The smallest absolute Gasteiger partial charge is 0.275 e. The molecule has 4 rings (SSSR count). The fraction of sp³-hybridized carbons (Fsp3) is 0.444. The third kappa shape index (κ3) is 2.78. The molecule has 3 N–H and O–H groups in total. The number of benzene rings is 1. The number of halogens is 1. The Kier molecular flexibility index (Phi) is 3.95. The second kappa shape index (κ2) is 6.15. The fourth-order valence-corrected chi connectivity index (χ4v) is 4.37. The van der Waals surface area contributed by atoms with E-state index < -0.39 is 5.91 Å². The van der Waals surface area contributed by atoms with E-state index in [1.165, 1.54) is 35.1 Å². The summed E-state index contributed by atoms with van der Waals surface area (Å²) in [6.45, 7) is 0.0577. The topological polar surface area (TPSA) is 87.4 Å². The Bertz CT molecular complexity index is 789. The highest BCUT2D eigenvalue weighted by Gasteiger charge is 2.48. The standard InChI is InChI=1S/C18H20FN3O3/c19-12-3-5-13(6-4-12)22-8-15(24)17(21-22)18(25)20-16-11-2-1-10(7-11)14(16)9-23/h3-6,8,10-11,14,16,23-24H,1-2,7,9H2,(H,20,25). The Morgan fingerprint density at radius 3 is 2.72 bits per heavy atom. The van der Waals surface area contributed by atoms with Crippen molar-refractivity contribution in [2.24, 2.45) is 17.8 Å². The first kappa shape index (κ1) is 16.1. The first-order valence-corrected chi connectivity index (χ1v) is 8.53. The Labute approximate surface area is 144 Å². The van der Waals surface area contributed by atoms with Crippen molar-refractivity contribution < 1.29 is 19.4 Å². The lowest BCUT2D eigenvalue weighted by molar-refractivity contribution is 0.0853. The van der Waals surface area contributed by atoms with Crippen LogP contribution in [0, 0.1) is 23.6 Å². The van der Waals surface area contributed by atoms with Gasteiger partial charge in [0.25, 0.3) is 5.91 Å². The number of rotatable bonds is 4. The Morgan fingerprint density at radius 2 is 2.00 bits per heavy atom. The van der Waals surface area contributed by atoms with Crippen LogP contribution in [0.4, 0.5) is 4.39 Å². The van der Waals surface area contributed by atoms with Crippen LogP contribution >= 0.6 is 0 Å². The monoisotopic (exact) mass is 345 g/mol. The van der Waals surface area contributed by atoms with Crippen LogP contribution in [0.3, 0.4) is 0 Å². The van der Waals surface area contributed by atoms with Crippen LogP contribution < -0.4 is 5.32 Å². The third-order valence-corrected chi connectivity index (χ3v) is 5.60. The molecule has 2 bridgehead atoms. The number of aromatic hydroxyl groups is 1. The summed E-state index contributed by atoms with van der Waals surface area (Å²) in [6, 6.07) is 5.53. The Morgan fingerprint density at radius 1 is 1.28 bits per heavy atom. The van der Waals surface area contributed by atoms with E-state index in [0.717, 1.165) is 19.3 Å². The lowest BCUT2D eigenvalue weighted by atomic mass is 9.85. The van der Waals surface area contributed by atoms with Gasteiger partial charge < -0.3 is 15.5 Å². The van der Waals surface area contributed by atoms with Crippen LogP contribution in [0.25, 0.3) is 5.69 Å². The van der Waals surface area contributed by atoms with Crippen LogP contribution in [0.1, 0.15) is 29.8 Å². The van der Waals surface area contributed by atoms with Crippen LogP contribution in [0.15, 0.2) is 30.5 Å². The maximum Gasteiger partial charge on any atom is 0.275 e. The Balaban J connectivity index is 1.54. The number of nitrogens with one attached hydrogen (secondary N) is 1. The van der Waals surface area contributed by atoms with Gasteiger partial charge in [-0.15, -0.1) is 0 Å². The zero-order chi connectivity index (χ0) is 17.6. The molecule has 2 aliphatic rings. The molecule has 0 saturated heterocycles. The highest BCUT2D eigenvalue weighted by Crippen LogP contribution is 2.48. The molecule has 2 aliphatic carbocycles. The zero-order valence-electron chi connectivity index (χ0n) is 13.6. The van der Waals surface area contributed by atoms with Crippen molar-refractivity contribution in [3.63, 3.8) is 0 Å². The molecule has 1 aromatic heterocycles. The van der Waals surface area contributed by atoms with Crippen molar-refractivity contribution in [3.05, 3.63) is 42.0 Å². The van der Waals surface area contributed by atoms with E-state index in [9.17, 15) is 19.4 Å². The van der Waals surface area contributed by atoms with Crippen LogP contribution in [0.5, 0.6) is 5.75 Å². The van der Waals surface area contributed by atoms with Gasteiger partial charge in [-0.3, -0.25) is 4.79 Å². The number of carbonyl (C=O) groups excluding carboxylic acids is 1. The molecule has 132 valence electrons. The summed E-state index contributed by atoms with van der Waals surface area (Å²) in [6.07, 6.45) is 4.52. The molecule has 4 atom stereocenters. The van der Waals surface area contributed by atoms with E-state index in [2.05, 4.69) is 10.4 Å². The second-order valence-corrected chi connectivity index (χ2v) is 6.96. The van der Waals surface area contributed by atoms with E-state index >= 15 is 0 Å². The van der Waals surface area contributed by atoms with Crippen molar-refractivity contribution in [3.8, 4) is 11.4 Å². The normalized spacial score (nSPS) is 27.6. The molecule has 1 aromatic carbocycles. The highest BCUT2D eigenvalue weighted by atomic mass is 19.1. The quantitative estimate of drug-likeness (QED) is 0.789. The van der Waals surface area contributed by atoms with Gasteiger partial charge in [0.05, 0.1) is 11.9 Å². The minimum atomic E-state index is -0.450. The lowest BCUT2D eigenvalue weighted by Crippen LogP contribution is -2.45. The number of carbonyl (C=O) groups is 1. The van der Waals surface area contributed by atoms with Gasteiger partial charge in [-0.25, -0.2) is 9.07 Å². The lowest BCUT2D eigenvalue weighted by Gasteiger charge is -2.30. The summed E-state index contributed by atoms with van der Waals surface area (Å²) in [7, 11) is 0. The van der Waals surface area contributed by atoms with Crippen LogP contribution in [-0.4, -0.2) is 38.5 Å². The SMILES string of the molecule is O=C(NC1C2CCC(C2)C1CO)c1nn(-c2ccc(F)cc2)cc1O. The van der Waals surface area contributed by atoms with Gasteiger partial charge in [0, 0.05) is 18.6 Å². The van der Waals surface area contributed by atoms with Crippen molar-refractivity contribution in [2.45, 2.75) is 25.3 Å². The molecule has 2 saturated carbocycles. The van der Waals surface area contributed by atoms with Gasteiger partial charge in [0.2, 0.25) is 0 Å². The second-order valence-electron chi connectivity index (χ2n) is 6.96. The minimum absolute atomic E-state index is 0.0577. The van der Waals surface area contributed by atoms with Gasteiger partial charge in [0.15, 0.2) is 11.4 Å². The first-order valence-electron chi connectivity index (χ1n) is 8.53. The van der Waals surface area contributed by atoms with Crippen molar-refractivity contribution in [2.75, 3.05) is 6.61 Å². The van der Waals surface area contributed by atoms with Gasteiger partial charge in [0.1, 0.15) is 5.82 Å². The average Bonchev–Trinajstić information content (AvgIpc) is 3.30. The summed E-state index contributed by atoms with van der Waals surface area (Å²) < 4.78 is 14.4. The van der Waals surface area contributed by atoms with Crippen molar-refractivity contribution in [1.29, 1.82) is 0 Å². The molecule has 0 radical (unpaired) electrons. The fourth-order valence-electron chi connectivity index (χ4n) is 4.37. The number of hydrogen-bond acceptors (Lipinski definition) is 4. The van der Waals surface area contributed by atoms with E-state index in [-0.39, 0.29) is 35.8 Å². The molecule has 2 aromatic rings. The molecule has 2 fully saturated rings. The predicted molar refractivity (Wildman–Crippen MR) is 87.8 cm³/mol. The van der Waals surface area contributed by atoms with Gasteiger partial charge in [-0.1, -0.05) is 0 Å². The summed E-state index contributed by atoms with van der Waals surface area (Å²) >= 11 is 0. The maximum atomic E-state index is 13.0. The third-order valence-electron chi connectivity index (χ3n) is 5.60. The number of aliphatic hydroxyl groups is 1. The molecule has 1 amide bonds. The van der Waals surface area contributed by atoms with Crippen molar-refractivity contribution >= 4 is 5.91 Å². The largest absolute Gasteiger partial charge is 0.504 e. The highest BCUT2D eigenvalue weighted by molar-refractivity contribution is 5.95. The van der Waals surface area contributed by atoms with Crippen LogP contribution in [0.2, 0.25) is 0 Å². The maximum absolute atomic E-state index is 13.0. The molecule has 0 spiro atoms. The molecule has 7 heteroatoms. The molecular weight excluding hydrogens is 325 g/mol. The number of aromatic nitrogens is 2. The van der Waals surface area contributed by atoms with Gasteiger partial charge >= 0.3 is 0 Å². The summed E-state index contributed by atoms with van der Waals surface area (Å²) in [5.41, 5.74) is 0.479. The number of hydrogen-bond donors (Lipinski definition) is 3. The molecule has 0 aliphatic heterocycles. The van der Waals surface area contributed by atoms with E-state index in [1.807, 2.05) is 0 Å². The number of fused-ring (bicyclic) bond motifs is 2. The minimum Gasteiger partial charge on any atom is -0.504 e. The Hall–Kier alpha value is -2.41. The number of amides is 1. The summed E-state index contributed by atoms with van der Waals surface area (Å²) in [5, 5.41) is 26.8. The van der Waals surface area contributed by atoms with E-state index in [0.29, 0.717) is 17.5 Å². The van der Waals surface area contributed by atoms with Gasteiger partial charge in [-0.2, -0.15) is 5.10 Å². The van der Waals surface area contributed by atoms with E-state index in [4.69, 9.17) is 0 Å². The summed E-state index contributed by atoms with van der Waals surface area (Å²) in [5.74, 6) is -0.133. The predicted octanol–water partition coefficient (Wildman–Crippen LogP) is 1.85. The van der Waals surface area contributed by atoms with Gasteiger partial charge in [-0.05, 0) is 55.4 Å².